The maximum absolute atomic E-state index is 12.0. The van der Waals surface area contributed by atoms with Gasteiger partial charge in [-0.3, -0.25) is 9.59 Å². The van der Waals surface area contributed by atoms with E-state index in [0.29, 0.717) is 5.56 Å². The zero-order valence-electron chi connectivity index (χ0n) is 12.6. The first-order valence-corrected chi connectivity index (χ1v) is 6.83. The van der Waals surface area contributed by atoms with Crippen LogP contribution in [0.2, 0.25) is 0 Å². The Hall–Kier alpha value is -1.59. The fourth-order valence-corrected chi connectivity index (χ4v) is 2.35. The molecule has 1 aromatic carbocycles. The zero-order valence-corrected chi connectivity index (χ0v) is 13.4. The van der Waals surface area contributed by atoms with Crippen LogP contribution in [0.25, 0.3) is 0 Å². The summed E-state index contributed by atoms with van der Waals surface area (Å²) in [7, 11) is 3.45. The molecule has 6 heteroatoms. The molecular weight excluding hydrogens is 290 g/mol. The van der Waals surface area contributed by atoms with Crippen molar-refractivity contribution in [2.75, 3.05) is 32.5 Å². The van der Waals surface area contributed by atoms with Crippen molar-refractivity contribution in [3.8, 4) is 0 Å². The molecule has 0 saturated carbocycles. The molecular formula is C15H22ClN3O2. The van der Waals surface area contributed by atoms with Crippen molar-refractivity contribution in [1.82, 2.24) is 10.2 Å². The summed E-state index contributed by atoms with van der Waals surface area (Å²) in [5.41, 5.74) is 2.27. The average Bonchev–Trinajstić information content (AvgIpc) is 2.92. The molecule has 1 saturated heterocycles. The van der Waals surface area contributed by atoms with E-state index >= 15 is 0 Å². The van der Waals surface area contributed by atoms with Crippen molar-refractivity contribution >= 4 is 29.9 Å². The highest BCUT2D eigenvalue weighted by Gasteiger charge is 2.22. The number of anilines is 1. The molecule has 116 valence electrons. The first-order chi connectivity index (χ1) is 9.49. The van der Waals surface area contributed by atoms with Crippen LogP contribution in [0.1, 0.15) is 22.3 Å². The van der Waals surface area contributed by atoms with Gasteiger partial charge in [0.2, 0.25) is 5.91 Å². The standard InChI is InChI=1S/C15H21N3O2.ClH/c1-10-8-12(4-5-13(10)15(20)18(2)3)17-14(19)11-6-7-16-9-11;/h4-5,8,11,16H,6-7,9H2,1-3H3,(H,17,19);1H. The van der Waals surface area contributed by atoms with Crippen LogP contribution >= 0.6 is 12.4 Å². The minimum atomic E-state index is -0.0274. The van der Waals surface area contributed by atoms with E-state index in [2.05, 4.69) is 10.6 Å². The lowest BCUT2D eigenvalue weighted by Crippen LogP contribution is -2.25. The van der Waals surface area contributed by atoms with Gasteiger partial charge in [-0.15, -0.1) is 12.4 Å². The Morgan fingerprint density at radius 2 is 2.05 bits per heavy atom. The fourth-order valence-electron chi connectivity index (χ4n) is 2.35. The molecule has 1 aromatic rings. The highest BCUT2D eigenvalue weighted by molar-refractivity contribution is 5.97. The van der Waals surface area contributed by atoms with Gasteiger partial charge in [0.1, 0.15) is 0 Å². The van der Waals surface area contributed by atoms with Crippen molar-refractivity contribution in [2.45, 2.75) is 13.3 Å². The van der Waals surface area contributed by atoms with E-state index in [9.17, 15) is 9.59 Å². The lowest BCUT2D eigenvalue weighted by Gasteiger charge is -2.14. The second-order valence-corrected chi connectivity index (χ2v) is 5.41. The molecule has 0 bridgehead atoms. The summed E-state index contributed by atoms with van der Waals surface area (Å²) in [6.07, 6.45) is 0.877. The van der Waals surface area contributed by atoms with Gasteiger partial charge < -0.3 is 15.5 Å². The van der Waals surface area contributed by atoms with E-state index in [4.69, 9.17) is 0 Å². The Morgan fingerprint density at radius 3 is 2.57 bits per heavy atom. The molecule has 1 aliphatic rings. The van der Waals surface area contributed by atoms with Gasteiger partial charge in [-0.25, -0.2) is 0 Å². The summed E-state index contributed by atoms with van der Waals surface area (Å²) in [4.78, 5) is 25.5. The van der Waals surface area contributed by atoms with Crippen LogP contribution in [0.15, 0.2) is 18.2 Å². The van der Waals surface area contributed by atoms with Gasteiger partial charge in [-0.1, -0.05) is 0 Å². The quantitative estimate of drug-likeness (QED) is 0.892. The fraction of sp³-hybridized carbons (Fsp3) is 0.467. The maximum Gasteiger partial charge on any atom is 0.253 e. The molecule has 21 heavy (non-hydrogen) atoms. The molecule has 1 atom stereocenters. The van der Waals surface area contributed by atoms with Gasteiger partial charge in [0.05, 0.1) is 5.92 Å². The number of carbonyl (C=O) groups is 2. The number of halogens is 1. The number of benzene rings is 1. The summed E-state index contributed by atoms with van der Waals surface area (Å²) in [5, 5.41) is 6.09. The summed E-state index contributed by atoms with van der Waals surface area (Å²) >= 11 is 0. The topological polar surface area (TPSA) is 61.4 Å². The van der Waals surface area contributed by atoms with Gasteiger partial charge in [0, 0.05) is 31.9 Å². The summed E-state index contributed by atoms with van der Waals surface area (Å²) < 4.78 is 0. The van der Waals surface area contributed by atoms with Gasteiger partial charge in [0.25, 0.3) is 5.91 Å². The van der Waals surface area contributed by atoms with Crippen LogP contribution in [-0.4, -0.2) is 43.9 Å². The van der Waals surface area contributed by atoms with Crippen LogP contribution in [0.4, 0.5) is 5.69 Å². The third-order valence-corrected chi connectivity index (χ3v) is 3.56. The normalized spacial score (nSPS) is 17.0. The number of hydrogen-bond acceptors (Lipinski definition) is 3. The average molecular weight is 312 g/mol. The molecule has 1 aliphatic heterocycles. The summed E-state index contributed by atoms with van der Waals surface area (Å²) in [6.45, 7) is 3.51. The van der Waals surface area contributed by atoms with E-state index in [-0.39, 0.29) is 30.1 Å². The van der Waals surface area contributed by atoms with Gasteiger partial charge in [-0.2, -0.15) is 0 Å². The monoisotopic (exact) mass is 311 g/mol. The van der Waals surface area contributed by atoms with Crippen molar-refractivity contribution in [1.29, 1.82) is 0 Å². The molecule has 0 radical (unpaired) electrons. The summed E-state index contributed by atoms with van der Waals surface area (Å²) in [5.74, 6) is 0.0554. The van der Waals surface area contributed by atoms with E-state index in [1.807, 2.05) is 13.0 Å². The number of nitrogens with one attached hydrogen (secondary N) is 2. The molecule has 2 rings (SSSR count). The number of amides is 2. The van der Waals surface area contributed by atoms with Crippen LogP contribution in [0.3, 0.4) is 0 Å². The molecule has 2 amide bonds. The predicted octanol–water partition coefficient (Wildman–Crippen LogP) is 1.67. The van der Waals surface area contributed by atoms with E-state index < -0.39 is 0 Å². The number of carbonyl (C=O) groups excluding carboxylic acids is 2. The Kier molecular flexibility index (Phi) is 6.18. The Morgan fingerprint density at radius 1 is 1.33 bits per heavy atom. The Bertz CT molecular complexity index is 526. The summed E-state index contributed by atoms with van der Waals surface area (Å²) in [6, 6.07) is 5.39. The largest absolute Gasteiger partial charge is 0.345 e. The molecule has 0 aliphatic carbocycles. The van der Waals surface area contributed by atoms with Crippen LogP contribution in [-0.2, 0) is 4.79 Å². The van der Waals surface area contributed by atoms with Crippen molar-refractivity contribution in [2.24, 2.45) is 5.92 Å². The predicted molar refractivity (Wildman–Crippen MR) is 86.1 cm³/mol. The molecule has 1 fully saturated rings. The molecule has 5 nitrogen and oxygen atoms in total. The van der Waals surface area contributed by atoms with Crippen molar-refractivity contribution < 1.29 is 9.59 Å². The maximum atomic E-state index is 12.0. The van der Waals surface area contributed by atoms with E-state index in [0.717, 1.165) is 30.8 Å². The number of hydrogen-bond donors (Lipinski definition) is 2. The minimum Gasteiger partial charge on any atom is -0.345 e. The van der Waals surface area contributed by atoms with Crippen LogP contribution in [0, 0.1) is 12.8 Å². The highest BCUT2D eigenvalue weighted by atomic mass is 35.5. The van der Waals surface area contributed by atoms with Gasteiger partial charge >= 0.3 is 0 Å². The van der Waals surface area contributed by atoms with Crippen LogP contribution < -0.4 is 10.6 Å². The molecule has 0 aromatic heterocycles. The first-order valence-electron chi connectivity index (χ1n) is 6.83. The second-order valence-electron chi connectivity index (χ2n) is 5.41. The SMILES string of the molecule is Cc1cc(NC(=O)C2CCNC2)ccc1C(=O)N(C)C.Cl. The van der Waals surface area contributed by atoms with Crippen LogP contribution in [0.5, 0.6) is 0 Å². The third-order valence-electron chi connectivity index (χ3n) is 3.56. The molecule has 2 N–H and O–H groups in total. The lowest BCUT2D eigenvalue weighted by molar-refractivity contribution is -0.119. The smallest absolute Gasteiger partial charge is 0.253 e. The number of rotatable bonds is 3. The van der Waals surface area contributed by atoms with Crippen molar-refractivity contribution in [3.05, 3.63) is 29.3 Å². The Balaban J connectivity index is 0.00000220. The van der Waals surface area contributed by atoms with Crippen molar-refractivity contribution in [3.63, 3.8) is 0 Å². The molecule has 1 heterocycles. The van der Waals surface area contributed by atoms with E-state index in [1.165, 1.54) is 0 Å². The minimum absolute atomic E-state index is 0. The van der Waals surface area contributed by atoms with E-state index in [1.54, 1.807) is 31.1 Å². The van der Waals surface area contributed by atoms with Gasteiger partial charge in [0.15, 0.2) is 0 Å². The Labute approximate surface area is 131 Å². The number of nitrogens with zero attached hydrogens (tertiary/aromatic N) is 1. The number of aryl methyl sites for hydroxylation is 1. The molecule has 0 spiro atoms. The molecule has 1 unspecified atom stereocenters. The second kappa shape index (κ2) is 7.43. The third kappa shape index (κ3) is 4.19. The lowest BCUT2D eigenvalue weighted by atomic mass is 10.1. The first kappa shape index (κ1) is 17.5. The highest BCUT2D eigenvalue weighted by Crippen LogP contribution is 2.18. The van der Waals surface area contributed by atoms with Gasteiger partial charge in [-0.05, 0) is 43.7 Å². The zero-order chi connectivity index (χ0) is 14.7.